The molecular formula is C16H15N7O. The molecule has 8 nitrogen and oxygen atoms in total. The van der Waals surface area contributed by atoms with Gasteiger partial charge in [-0.25, -0.2) is 9.97 Å². The average Bonchev–Trinajstić information content (AvgIpc) is 3.24. The first-order valence-corrected chi connectivity index (χ1v) is 7.65. The fourth-order valence-electron chi connectivity index (χ4n) is 2.62. The van der Waals surface area contributed by atoms with Gasteiger partial charge in [0, 0.05) is 24.2 Å². The summed E-state index contributed by atoms with van der Waals surface area (Å²) in [4.78, 5) is 21.2. The summed E-state index contributed by atoms with van der Waals surface area (Å²) in [6.45, 7) is 2.00. The summed E-state index contributed by atoms with van der Waals surface area (Å²) in [6.07, 6.45) is 6.18. The predicted octanol–water partition coefficient (Wildman–Crippen LogP) is 1.88. The van der Waals surface area contributed by atoms with Crippen LogP contribution in [0.4, 0.5) is 0 Å². The quantitative estimate of drug-likeness (QED) is 0.597. The maximum absolute atomic E-state index is 12.5. The SMILES string of the molecule is CC[C@@H](NC(=O)c1ccc2n[nH]nc2c1)c1cn2cccnc2n1. The molecule has 0 aliphatic rings. The van der Waals surface area contributed by atoms with Crippen LogP contribution in [0.2, 0.25) is 0 Å². The highest BCUT2D eigenvalue weighted by Crippen LogP contribution is 2.17. The third-order valence-electron chi connectivity index (χ3n) is 3.90. The largest absolute Gasteiger partial charge is 0.344 e. The lowest BCUT2D eigenvalue weighted by Crippen LogP contribution is -2.28. The molecule has 120 valence electrons. The zero-order valence-corrected chi connectivity index (χ0v) is 13.0. The van der Waals surface area contributed by atoms with Crippen molar-refractivity contribution in [1.29, 1.82) is 0 Å². The average molecular weight is 321 g/mol. The van der Waals surface area contributed by atoms with Crippen LogP contribution in [-0.4, -0.2) is 35.7 Å². The molecule has 8 heteroatoms. The Morgan fingerprint density at radius 2 is 2.21 bits per heavy atom. The molecule has 0 bridgehead atoms. The topological polar surface area (TPSA) is 101 Å². The molecule has 0 aliphatic heterocycles. The molecule has 1 amide bonds. The van der Waals surface area contributed by atoms with Gasteiger partial charge in [0.1, 0.15) is 11.0 Å². The van der Waals surface area contributed by atoms with E-state index in [4.69, 9.17) is 0 Å². The number of hydrogen-bond donors (Lipinski definition) is 2. The third kappa shape index (κ3) is 2.47. The van der Waals surface area contributed by atoms with Crippen LogP contribution >= 0.6 is 0 Å². The third-order valence-corrected chi connectivity index (χ3v) is 3.90. The van der Waals surface area contributed by atoms with Crippen LogP contribution in [0.5, 0.6) is 0 Å². The fraction of sp³-hybridized carbons (Fsp3) is 0.188. The van der Waals surface area contributed by atoms with Gasteiger partial charge in [-0.2, -0.15) is 15.4 Å². The highest BCUT2D eigenvalue weighted by molar-refractivity contribution is 5.97. The molecule has 0 spiro atoms. The van der Waals surface area contributed by atoms with Crippen LogP contribution in [0.25, 0.3) is 16.8 Å². The number of nitrogens with zero attached hydrogens (tertiary/aromatic N) is 5. The number of hydrogen-bond acceptors (Lipinski definition) is 5. The van der Waals surface area contributed by atoms with Crippen molar-refractivity contribution in [2.24, 2.45) is 0 Å². The Morgan fingerprint density at radius 3 is 3.04 bits per heavy atom. The van der Waals surface area contributed by atoms with Gasteiger partial charge in [0.2, 0.25) is 5.78 Å². The molecule has 0 fully saturated rings. The first-order valence-electron chi connectivity index (χ1n) is 7.65. The molecule has 0 saturated heterocycles. The smallest absolute Gasteiger partial charge is 0.251 e. The van der Waals surface area contributed by atoms with Crippen molar-refractivity contribution < 1.29 is 4.79 Å². The number of rotatable bonds is 4. The molecule has 1 aromatic carbocycles. The molecule has 0 radical (unpaired) electrons. The molecule has 4 aromatic rings. The number of nitrogens with one attached hydrogen (secondary N) is 2. The van der Waals surface area contributed by atoms with Crippen LogP contribution in [-0.2, 0) is 0 Å². The second kappa shape index (κ2) is 5.73. The molecule has 0 unspecified atom stereocenters. The number of carbonyl (C=O) groups excluding carboxylic acids is 1. The minimum absolute atomic E-state index is 0.170. The number of fused-ring (bicyclic) bond motifs is 2. The molecule has 1 atom stereocenters. The normalized spacial score (nSPS) is 12.5. The second-order valence-electron chi connectivity index (χ2n) is 5.45. The van der Waals surface area contributed by atoms with Gasteiger partial charge in [0.05, 0.1) is 11.7 Å². The summed E-state index contributed by atoms with van der Waals surface area (Å²) in [5.74, 6) is 0.445. The van der Waals surface area contributed by atoms with E-state index in [1.165, 1.54) is 0 Å². The molecule has 4 rings (SSSR count). The van der Waals surface area contributed by atoms with E-state index in [0.717, 1.165) is 17.6 Å². The lowest BCUT2D eigenvalue weighted by Gasteiger charge is -2.14. The fourth-order valence-corrected chi connectivity index (χ4v) is 2.62. The maximum atomic E-state index is 12.5. The van der Waals surface area contributed by atoms with Crippen LogP contribution in [0.3, 0.4) is 0 Å². The number of aromatic amines is 1. The van der Waals surface area contributed by atoms with Crippen molar-refractivity contribution in [3.63, 3.8) is 0 Å². The van der Waals surface area contributed by atoms with Crippen molar-refractivity contribution in [1.82, 2.24) is 35.1 Å². The molecule has 0 saturated carbocycles. The second-order valence-corrected chi connectivity index (χ2v) is 5.45. The Labute approximate surface area is 136 Å². The highest BCUT2D eigenvalue weighted by atomic mass is 16.1. The maximum Gasteiger partial charge on any atom is 0.251 e. The van der Waals surface area contributed by atoms with Gasteiger partial charge in [-0.3, -0.25) is 9.20 Å². The minimum atomic E-state index is -0.188. The van der Waals surface area contributed by atoms with Crippen molar-refractivity contribution in [3.8, 4) is 0 Å². The monoisotopic (exact) mass is 321 g/mol. The molecule has 0 aliphatic carbocycles. The van der Waals surface area contributed by atoms with Crippen LogP contribution in [0.15, 0.2) is 42.9 Å². The van der Waals surface area contributed by atoms with Crippen molar-refractivity contribution in [2.75, 3.05) is 0 Å². The summed E-state index contributed by atoms with van der Waals surface area (Å²) >= 11 is 0. The lowest BCUT2D eigenvalue weighted by molar-refractivity contribution is 0.0935. The van der Waals surface area contributed by atoms with Crippen molar-refractivity contribution in [3.05, 3.63) is 54.1 Å². The Morgan fingerprint density at radius 1 is 1.33 bits per heavy atom. The number of amides is 1. The van der Waals surface area contributed by atoms with Gasteiger partial charge in [0.15, 0.2) is 0 Å². The molecule has 2 N–H and O–H groups in total. The van der Waals surface area contributed by atoms with Crippen LogP contribution < -0.4 is 5.32 Å². The number of aromatic nitrogens is 6. The minimum Gasteiger partial charge on any atom is -0.344 e. The van der Waals surface area contributed by atoms with E-state index in [9.17, 15) is 4.79 Å². The van der Waals surface area contributed by atoms with Gasteiger partial charge < -0.3 is 5.32 Å². The number of benzene rings is 1. The Kier molecular flexibility index (Phi) is 3.42. The first kappa shape index (κ1) is 14.3. The van der Waals surface area contributed by atoms with Gasteiger partial charge >= 0.3 is 0 Å². The lowest BCUT2D eigenvalue weighted by atomic mass is 10.1. The Bertz CT molecular complexity index is 986. The van der Waals surface area contributed by atoms with E-state index in [0.29, 0.717) is 16.9 Å². The highest BCUT2D eigenvalue weighted by Gasteiger charge is 2.18. The summed E-state index contributed by atoms with van der Waals surface area (Å²) in [6, 6.07) is 6.87. The van der Waals surface area contributed by atoms with E-state index in [-0.39, 0.29) is 11.9 Å². The summed E-state index contributed by atoms with van der Waals surface area (Å²) in [5, 5.41) is 13.5. The summed E-state index contributed by atoms with van der Waals surface area (Å²) in [5.41, 5.74) is 2.71. The number of carbonyl (C=O) groups is 1. The Hall–Kier alpha value is -3.29. The van der Waals surface area contributed by atoms with E-state index in [1.54, 1.807) is 24.4 Å². The van der Waals surface area contributed by atoms with E-state index in [2.05, 4.69) is 30.7 Å². The summed E-state index contributed by atoms with van der Waals surface area (Å²) in [7, 11) is 0. The van der Waals surface area contributed by atoms with Crippen LogP contribution in [0.1, 0.15) is 35.4 Å². The predicted molar refractivity (Wildman–Crippen MR) is 87.4 cm³/mol. The number of imidazole rings is 1. The Balaban J connectivity index is 1.60. The van der Waals surface area contributed by atoms with E-state index >= 15 is 0 Å². The molecule has 3 aromatic heterocycles. The van der Waals surface area contributed by atoms with E-state index < -0.39 is 0 Å². The standard InChI is InChI=1S/C16H15N7O/c1-2-11(14-9-23-7-3-6-17-16(23)19-14)18-15(24)10-4-5-12-13(8-10)21-22-20-12/h3-9,11H,2H2,1H3,(H,18,24)(H,20,21,22)/t11-/m1/s1. The van der Waals surface area contributed by atoms with Crippen LogP contribution in [0, 0.1) is 0 Å². The van der Waals surface area contributed by atoms with Crippen molar-refractivity contribution in [2.45, 2.75) is 19.4 Å². The molecule has 3 heterocycles. The zero-order chi connectivity index (χ0) is 16.5. The van der Waals surface area contributed by atoms with Gasteiger partial charge in [0.25, 0.3) is 5.91 Å². The summed E-state index contributed by atoms with van der Waals surface area (Å²) < 4.78 is 1.84. The molecule has 24 heavy (non-hydrogen) atoms. The van der Waals surface area contributed by atoms with Gasteiger partial charge in [-0.05, 0) is 30.7 Å². The first-order chi connectivity index (χ1) is 11.7. The van der Waals surface area contributed by atoms with Gasteiger partial charge in [-0.15, -0.1) is 0 Å². The zero-order valence-electron chi connectivity index (χ0n) is 13.0. The number of H-pyrrole nitrogens is 1. The van der Waals surface area contributed by atoms with Crippen molar-refractivity contribution >= 4 is 22.7 Å². The molecular weight excluding hydrogens is 306 g/mol. The van der Waals surface area contributed by atoms with Gasteiger partial charge in [-0.1, -0.05) is 6.92 Å². The van der Waals surface area contributed by atoms with E-state index in [1.807, 2.05) is 29.8 Å².